The maximum absolute atomic E-state index is 12.2. The molecule has 2 heterocycles. The predicted octanol–water partition coefficient (Wildman–Crippen LogP) is 2.18. The van der Waals surface area contributed by atoms with E-state index < -0.39 is 6.04 Å². The highest BCUT2D eigenvalue weighted by Crippen LogP contribution is 2.22. The molecule has 1 aromatic heterocycles. The number of anilines is 1. The summed E-state index contributed by atoms with van der Waals surface area (Å²) >= 11 is 0. The molecule has 2 N–H and O–H groups in total. The lowest BCUT2D eigenvalue weighted by Gasteiger charge is -2.12. The Hall–Kier alpha value is -2.63. The lowest BCUT2D eigenvalue weighted by molar-refractivity contribution is -0.122. The highest BCUT2D eigenvalue weighted by molar-refractivity contribution is 5.99. The quantitative estimate of drug-likeness (QED) is 0.888. The number of imidazole rings is 1. The summed E-state index contributed by atoms with van der Waals surface area (Å²) in [5.74, 6) is 0.641. The number of benzene rings is 1. The number of aryl methyl sites for hydroxylation is 1. The van der Waals surface area contributed by atoms with E-state index in [0.29, 0.717) is 18.5 Å². The second kappa shape index (κ2) is 6.64. The fourth-order valence-corrected chi connectivity index (χ4v) is 2.77. The van der Waals surface area contributed by atoms with Crippen molar-refractivity contribution in [3.05, 3.63) is 36.7 Å². The van der Waals surface area contributed by atoms with Crippen molar-refractivity contribution >= 4 is 17.5 Å². The normalized spacial score (nSPS) is 17.1. The molecule has 6 heteroatoms. The van der Waals surface area contributed by atoms with Gasteiger partial charge in [0.15, 0.2) is 0 Å². The molecular weight excluding hydrogens is 292 g/mol. The zero-order valence-electron chi connectivity index (χ0n) is 13.1. The molecule has 2 amide bonds. The van der Waals surface area contributed by atoms with Crippen molar-refractivity contribution in [1.29, 1.82) is 0 Å². The zero-order chi connectivity index (χ0) is 16.2. The Morgan fingerprint density at radius 1 is 1.48 bits per heavy atom. The number of aromatic nitrogens is 2. The SMILES string of the molecule is CCCn1ccnc1-c1cccc(NC(=O)[C@H]2CCC(=O)N2)c1. The average Bonchev–Trinajstić information content (AvgIpc) is 3.17. The maximum Gasteiger partial charge on any atom is 0.246 e. The van der Waals surface area contributed by atoms with Crippen LogP contribution in [0.15, 0.2) is 36.7 Å². The van der Waals surface area contributed by atoms with Gasteiger partial charge >= 0.3 is 0 Å². The van der Waals surface area contributed by atoms with E-state index in [9.17, 15) is 9.59 Å². The van der Waals surface area contributed by atoms with Gasteiger partial charge in [0.2, 0.25) is 11.8 Å². The Morgan fingerprint density at radius 3 is 3.09 bits per heavy atom. The predicted molar refractivity (Wildman–Crippen MR) is 87.7 cm³/mol. The van der Waals surface area contributed by atoms with E-state index in [2.05, 4.69) is 27.1 Å². The first kappa shape index (κ1) is 15.3. The number of hydrogen-bond donors (Lipinski definition) is 2. The van der Waals surface area contributed by atoms with Gasteiger partial charge in [0.05, 0.1) is 0 Å². The highest BCUT2D eigenvalue weighted by Gasteiger charge is 2.27. The summed E-state index contributed by atoms with van der Waals surface area (Å²) in [5, 5.41) is 5.54. The van der Waals surface area contributed by atoms with Crippen molar-refractivity contribution in [1.82, 2.24) is 14.9 Å². The molecule has 1 aliphatic heterocycles. The topological polar surface area (TPSA) is 76.0 Å². The fourth-order valence-electron chi connectivity index (χ4n) is 2.77. The number of nitrogens with one attached hydrogen (secondary N) is 2. The Labute approximate surface area is 134 Å². The van der Waals surface area contributed by atoms with Crippen LogP contribution >= 0.6 is 0 Å². The molecule has 1 aromatic carbocycles. The van der Waals surface area contributed by atoms with Crippen LogP contribution in [0.25, 0.3) is 11.4 Å². The number of amides is 2. The average molecular weight is 312 g/mol. The van der Waals surface area contributed by atoms with Crippen LogP contribution in [0.2, 0.25) is 0 Å². The van der Waals surface area contributed by atoms with E-state index in [-0.39, 0.29) is 11.8 Å². The molecule has 0 unspecified atom stereocenters. The number of carbonyl (C=O) groups excluding carboxylic acids is 2. The van der Waals surface area contributed by atoms with Crippen molar-refractivity contribution in [3.63, 3.8) is 0 Å². The van der Waals surface area contributed by atoms with Gasteiger partial charge in [-0.2, -0.15) is 0 Å². The highest BCUT2D eigenvalue weighted by atomic mass is 16.2. The van der Waals surface area contributed by atoms with Crippen molar-refractivity contribution in [3.8, 4) is 11.4 Å². The van der Waals surface area contributed by atoms with Crippen LogP contribution in [0.1, 0.15) is 26.2 Å². The molecule has 0 bridgehead atoms. The third-order valence-corrected chi connectivity index (χ3v) is 3.88. The summed E-state index contributed by atoms with van der Waals surface area (Å²) in [7, 11) is 0. The van der Waals surface area contributed by atoms with Crippen LogP contribution in [-0.4, -0.2) is 27.4 Å². The second-order valence-electron chi connectivity index (χ2n) is 5.67. The maximum atomic E-state index is 12.2. The number of rotatable bonds is 5. The van der Waals surface area contributed by atoms with E-state index in [0.717, 1.165) is 24.4 Å². The Balaban J connectivity index is 1.76. The molecular formula is C17H20N4O2. The molecule has 0 radical (unpaired) electrons. The second-order valence-corrected chi connectivity index (χ2v) is 5.67. The lowest BCUT2D eigenvalue weighted by atomic mass is 10.1. The van der Waals surface area contributed by atoms with Crippen LogP contribution in [0, 0.1) is 0 Å². The molecule has 1 atom stereocenters. The molecule has 1 saturated heterocycles. The summed E-state index contributed by atoms with van der Waals surface area (Å²) in [5.41, 5.74) is 1.66. The smallest absolute Gasteiger partial charge is 0.246 e. The minimum absolute atomic E-state index is 0.0690. The number of carbonyl (C=O) groups is 2. The molecule has 3 rings (SSSR count). The van der Waals surface area contributed by atoms with Crippen LogP contribution < -0.4 is 10.6 Å². The van der Waals surface area contributed by atoms with Gasteiger partial charge in [0.1, 0.15) is 11.9 Å². The van der Waals surface area contributed by atoms with E-state index in [4.69, 9.17) is 0 Å². The van der Waals surface area contributed by atoms with Crippen molar-refractivity contribution < 1.29 is 9.59 Å². The van der Waals surface area contributed by atoms with Crippen LogP contribution in [0.4, 0.5) is 5.69 Å². The minimum Gasteiger partial charge on any atom is -0.344 e. The summed E-state index contributed by atoms with van der Waals surface area (Å²) in [6, 6.07) is 7.17. The molecule has 23 heavy (non-hydrogen) atoms. The summed E-state index contributed by atoms with van der Waals surface area (Å²) < 4.78 is 2.10. The summed E-state index contributed by atoms with van der Waals surface area (Å²) in [6.45, 7) is 3.02. The van der Waals surface area contributed by atoms with E-state index in [1.807, 2.05) is 30.5 Å². The molecule has 0 spiro atoms. The number of hydrogen-bond acceptors (Lipinski definition) is 3. The first-order valence-electron chi connectivity index (χ1n) is 7.89. The molecule has 0 saturated carbocycles. The van der Waals surface area contributed by atoms with Gasteiger partial charge in [0, 0.05) is 36.6 Å². The zero-order valence-corrected chi connectivity index (χ0v) is 13.1. The largest absolute Gasteiger partial charge is 0.344 e. The van der Waals surface area contributed by atoms with Crippen molar-refractivity contribution in [2.45, 2.75) is 38.8 Å². The Bertz CT molecular complexity index is 723. The van der Waals surface area contributed by atoms with Crippen LogP contribution in [-0.2, 0) is 16.1 Å². The molecule has 1 aliphatic rings. The number of nitrogens with zero attached hydrogens (tertiary/aromatic N) is 2. The fraction of sp³-hybridized carbons (Fsp3) is 0.353. The van der Waals surface area contributed by atoms with Gasteiger partial charge in [-0.25, -0.2) is 4.98 Å². The van der Waals surface area contributed by atoms with Gasteiger partial charge in [-0.3, -0.25) is 9.59 Å². The Morgan fingerprint density at radius 2 is 2.35 bits per heavy atom. The van der Waals surface area contributed by atoms with Gasteiger partial charge in [-0.05, 0) is 25.0 Å². The van der Waals surface area contributed by atoms with Gasteiger partial charge in [-0.15, -0.1) is 0 Å². The van der Waals surface area contributed by atoms with Gasteiger partial charge in [0.25, 0.3) is 0 Å². The van der Waals surface area contributed by atoms with Gasteiger partial charge < -0.3 is 15.2 Å². The first-order valence-corrected chi connectivity index (χ1v) is 7.89. The minimum atomic E-state index is -0.437. The molecule has 2 aromatic rings. The van der Waals surface area contributed by atoms with Crippen molar-refractivity contribution in [2.75, 3.05) is 5.32 Å². The third kappa shape index (κ3) is 3.41. The molecule has 1 fully saturated rings. The monoisotopic (exact) mass is 312 g/mol. The molecule has 0 aliphatic carbocycles. The van der Waals surface area contributed by atoms with Crippen LogP contribution in [0.5, 0.6) is 0 Å². The first-order chi connectivity index (χ1) is 11.2. The summed E-state index contributed by atoms with van der Waals surface area (Å²) in [6.07, 6.45) is 5.72. The standard InChI is InChI=1S/C17H20N4O2/c1-2-9-21-10-8-18-16(21)12-4-3-5-13(11-12)19-17(23)14-6-7-15(22)20-14/h3-5,8,10-11,14H,2,6-7,9H2,1H3,(H,19,23)(H,20,22)/t14-/m1/s1. The molecule has 6 nitrogen and oxygen atoms in total. The van der Waals surface area contributed by atoms with Gasteiger partial charge in [-0.1, -0.05) is 19.1 Å². The molecule has 120 valence electrons. The van der Waals surface area contributed by atoms with E-state index in [1.165, 1.54) is 0 Å². The van der Waals surface area contributed by atoms with Crippen molar-refractivity contribution in [2.24, 2.45) is 0 Å². The third-order valence-electron chi connectivity index (χ3n) is 3.88. The van der Waals surface area contributed by atoms with E-state index in [1.54, 1.807) is 6.20 Å². The van der Waals surface area contributed by atoms with E-state index >= 15 is 0 Å². The Kier molecular flexibility index (Phi) is 4.41. The lowest BCUT2D eigenvalue weighted by Crippen LogP contribution is -2.37. The summed E-state index contributed by atoms with van der Waals surface area (Å²) in [4.78, 5) is 27.8. The van der Waals surface area contributed by atoms with Crippen LogP contribution in [0.3, 0.4) is 0 Å².